The van der Waals surface area contributed by atoms with Crippen LogP contribution in [0.5, 0.6) is 0 Å². The van der Waals surface area contributed by atoms with Gasteiger partial charge in [-0.15, -0.1) is 5.10 Å². The molecule has 0 fully saturated rings. The van der Waals surface area contributed by atoms with Gasteiger partial charge >= 0.3 is 0 Å². The van der Waals surface area contributed by atoms with E-state index in [2.05, 4.69) is 10.5 Å². The standard InChI is InChI=1S/C19H15N7S/c20-11-13(12-21)16(22)17-18(23)26(15-9-5-2-6-10-15)19(27-17)25-24-14-7-3-1-4-8-14/h1-10,24H,22-23H2/b25-19-. The molecule has 8 heteroatoms. The summed E-state index contributed by atoms with van der Waals surface area (Å²) in [6.45, 7) is 0. The van der Waals surface area contributed by atoms with E-state index < -0.39 is 0 Å². The van der Waals surface area contributed by atoms with E-state index in [-0.39, 0.29) is 11.3 Å². The molecule has 0 radical (unpaired) electrons. The Hall–Kier alpha value is -4.01. The third-order valence-electron chi connectivity index (χ3n) is 3.66. The maximum Gasteiger partial charge on any atom is 0.215 e. The molecule has 3 aromatic rings. The predicted molar refractivity (Wildman–Crippen MR) is 106 cm³/mol. The molecule has 0 saturated heterocycles. The lowest BCUT2D eigenvalue weighted by molar-refractivity contribution is 0.995. The summed E-state index contributed by atoms with van der Waals surface area (Å²) in [5.74, 6) is 0.306. The highest BCUT2D eigenvalue weighted by Crippen LogP contribution is 2.26. The van der Waals surface area contributed by atoms with Crippen molar-refractivity contribution in [1.29, 1.82) is 10.5 Å². The zero-order chi connectivity index (χ0) is 19.2. The fourth-order valence-corrected chi connectivity index (χ4v) is 3.35. The van der Waals surface area contributed by atoms with E-state index in [1.54, 1.807) is 16.7 Å². The average molecular weight is 373 g/mol. The van der Waals surface area contributed by atoms with Gasteiger partial charge < -0.3 is 11.5 Å². The van der Waals surface area contributed by atoms with Crippen molar-refractivity contribution in [2.45, 2.75) is 0 Å². The molecule has 0 aliphatic heterocycles. The Labute approximate surface area is 159 Å². The molecule has 132 valence electrons. The van der Waals surface area contributed by atoms with Crippen LogP contribution in [0.15, 0.2) is 71.3 Å². The molecule has 27 heavy (non-hydrogen) atoms. The first-order valence-electron chi connectivity index (χ1n) is 7.87. The average Bonchev–Trinajstić information content (AvgIpc) is 3.05. The molecular formula is C19H15N7S. The first-order valence-corrected chi connectivity index (χ1v) is 8.69. The molecule has 1 heterocycles. The minimum atomic E-state index is -0.189. The summed E-state index contributed by atoms with van der Waals surface area (Å²) in [4.78, 5) is 0.946. The zero-order valence-electron chi connectivity index (χ0n) is 14.1. The van der Waals surface area contributed by atoms with Gasteiger partial charge in [-0.2, -0.15) is 10.5 Å². The normalized spacial score (nSPS) is 10.7. The van der Waals surface area contributed by atoms with E-state index in [1.807, 2.05) is 60.7 Å². The summed E-state index contributed by atoms with van der Waals surface area (Å²) in [6.07, 6.45) is 0. The molecule has 5 N–H and O–H groups in total. The highest BCUT2D eigenvalue weighted by Gasteiger charge is 2.17. The Balaban J connectivity index is 2.20. The summed E-state index contributed by atoms with van der Waals surface area (Å²) in [7, 11) is 0. The summed E-state index contributed by atoms with van der Waals surface area (Å²) < 4.78 is 1.72. The van der Waals surface area contributed by atoms with Gasteiger partial charge in [0.25, 0.3) is 0 Å². The lowest BCUT2D eigenvalue weighted by Crippen LogP contribution is -2.16. The van der Waals surface area contributed by atoms with E-state index in [0.717, 1.165) is 11.4 Å². The van der Waals surface area contributed by atoms with Crippen molar-refractivity contribution in [3.05, 3.63) is 75.9 Å². The summed E-state index contributed by atoms with van der Waals surface area (Å²) in [5, 5.41) is 22.6. The Morgan fingerprint density at radius 2 is 1.59 bits per heavy atom. The van der Waals surface area contributed by atoms with Gasteiger partial charge in [0.15, 0.2) is 5.57 Å². The third-order valence-corrected chi connectivity index (χ3v) is 4.75. The zero-order valence-corrected chi connectivity index (χ0v) is 14.9. The fourth-order valence-electron chi connectivity index (χ4n) is 2.37. The van der Waals surface area contributed by atoms with Gasteiger partial charge in [0.05, 0.1) is 16.3 Å². The minimum Gasteiger partial charge on any atom is -0.396 e. The molecule has 0 saturated carbocycles. The molecule has 0 unspecified atom stereocenters. The van der Waals surface area contributed by atoms with Gasteiger partial charge in [-0.3, -0.25) is 9.99 Å². The van der Waals surface area contributed by atoms with Crippen molar-refractivity contribution in [3.63, 3.8) is 0 Å². The van der Waals surface area contributed by atoms with Crippen LogP contribution in [-0.2, 0) is 0 Å². The first kappa shape index (κ1) is 17.8. The second-order valence-electron chi connectivity index (χ2n) is 5.37. The largest absolute Gasteiger partial charge is 0.396 e. The van der Waals surface area contributed by atoms with Crippen LogP contribution in [0.25, 0.3) is 11.4 Å². The van der Waals surface area contributed by atoms with E-state index in [0.29, 0.717) is 15.5 Å². The van der Waals surface area contributed by atoms with Gasteiger partial charge in [-0.25, -0.2) is 0 Å². The number of thiazole rings is 1. The number of nitrogens with one attached hydrogen (secondary N) is 1. The SMILES string of the molecule is N#CC(C#N)=C(N)c1s/c(=N\Nc2ccccc2)n(-c2ccccc2)c1N. The summed E-state index contributed by atoms with van der Waals surface area (Å²) in [6, 6.07) is 22.4. The Morgan fingerprint density at radius 3 is 2.19 bits per heavy atom. The fraction of sp³-hybridized carbons (Fsp3) is 0. The van der Waals surface area contributed by atoms with Crippen molar-refractivity contribution >= 4 is 28.5 Å². The Kier molecular flexibility index (Phi) is 5.22. The first-order chi connectivity index (χ1) is 13.2. The van der Waals surface area contributed by atoms with Gasteiger partial charge in [0.1, 0.15) is 18.0 Å². The summed E-state index contributed by atoms with van der Waals surface area (Å²) in [5.41, 5.74) is 16.7. The van der Waals surface area contributed by atoms with Crippen LogP contribution in [0.3, 0.4) is 0 Å². The number of nitrogens with zero attached hydrogens (tertiary/aromatic N) is 4. The number of hydrogen-bond acceptors (Lipinski definition) is 7. The smallest absolute Gasteiger partial charge is 0.215 e. The second-order valence-corrected chi connectivity index (χ2v) is 6.35. The molecule has 7 nitrogen and oxygen atoms in total. The number of benzene rings is 2. The van der Waals surface area contributed by atoms with Crippen LogP contribution in [0.1, 0.15) is 4.88 Å². The monoisotopic (exact) mass is 373 g/mol. The highest BCUT2D eigenvalue weighted by atomic mass is 32.1. The van der Waals surface area contributed by atoms with Crippen LogP contribution in [0.4, 0.5) is 11.5 Å². The molecule has 3 rings (SSSR count). The van der Waals surface area contributed by atoms with Crippen molar-refractivity contribution in [2.24, 2.45) is 10.8 Å². The van der Waals surface area contributed by atoms with Crippen LogP contribution in [-0.4, -0.2) is 4.57 Å². The van der Waals surface area contributed by atoms with Crippen LogP contribution < -0.4 is 21.7 Å². The molecule has 0 aliphatic rings. The molecule has 0 spiro atoms. The molecule has 0 aliphatic carbocycles. The maximum atomic E-state index is 9.10. The molecule has 0 bridgehead atoms. The Bertz CT molecular complexity index is 1110. The van der Waals surface area contributed by atoms with Crippen LogP contribution >= 0.6 is 11.3 Å². The maximum absolute atomic E-state index is 9.10. The number of para-hydroxylation sites is 2. The van der Waals surface area contributed by atoms with Crippen molar-refractivity contribution in [2.75, 3.05) is 11.2 Å². The number of aromatic nitrogens is 1. The van der Waals surface area contributed by atoms with E-state index >= 15 is 0 Å². The molecule has 0 amide bonds. The molecule has 0 atom stereocenters. The minimum absolute atomic E-state index is 0.0355. The number of allylic oxidation sites excluding steroid dienone is 1. The van der Waals surface area contributed by atoms with Crippen molar-refractivity contribution < 1.29 is 0 Å². The number of nitrogens with two attached hydrogens (primary N) is 2. The third kappa shape index (κ3) is 3.66. The van der Waals surface area contributed by atoms with Crippen molar-refractivity contribution in [1.82, 2.24) is 4.57 Å². The molecule has 2 aromatic carbocycles. The van der Waals surface area contributed by atoms with E-state index in [4.69, 9.17) is 22.0 Å². The predicted octanol–water partition coefficient (Wildman–Crippen LogP) is 2.77. The van der Waals surface area contributed by atoms with Crippen LogP contribution in [0.2, 0.25) is 0 Å². The van der Waals surface area contributed by atoms with Gasteiger partial charge in [0, 0.05) is 5.69 Å². The van der Waals surface area contributed by atoms with Gasteiger partial charge in [-0.05, 0) is 24.3 Å². The molecule has 1 aromatic heterocycles. The Morgan fingerprint density at radius 1 is 1.00 bits per heavy atom. The molecular weight excluding hydrogens is 358 g/mol. The van der Waals surface area contributed by atoms with Gasteiger partial charge in [0.2, 0.25) is 4.80 Å². The van der Waals surface area contributed by atoms with E-state index in [9.17, 15) is 0 Å². The lowest BCUT2D eigenvalue weighted by Gasteiger charge is -2.07. The van der Waals surface area contributed by atoms with Gasteiger partial charge in [-0.1, -0.05) is 47.7 Å². The lowest BCUT2D eigenvalue weighted by atomic mass is 10.2. The number of nitriles is 2. The number of rotatable bonds is 4. The number of anilines is 2. The van der Waals surface area contributed by atoms with Crippen molar-refractivity contribution in [3.8, 4) is 17.8 Å². The number of nitrogen functional groups attached to an aromatic ring is 1. The highest BCUT2D eigenvalue weighted by molar-refractivity contribution is 7.11. The van der Waals surface area contributed by atoms with Crippen LogP contribution in [0, 0.1) is 22.7 Å². The number of hydrogen-bond donors (Lipinski definition) is 3. The second kappa shape index (κ2) is 7.91. The quantitative estimate of drug-likeness (QED) is 0.478. The summed E-state index contributed by atoms with van der Waals surface area (Å²) >= 11 is 1.19. The van der Waals surface area contributed by atoms with E-state index in [1.165, 1.54) is 11.3 Å². The topological polar surface area (TPSA) is 129 Å².